The fourth-order valence-electron chi connectivity index (χ4n) is 2.43. The second-order valence-electron chi connectivity index (χ2n) is 5.46. The number of fused-ring (bicyclic) bond motifs is 1. The maximum Gasteiger partial charge on any atom is 0.278 e. The van der Waals surface area contributed by atoms with Crippen LogP contribution >= 0.6 is 0 Å². The molecule has 8 heteroatoms. The number of H-pyrrole nitrogens is 1. The van der Waals surface area contributed by atoms with Gasteiger partial charge < -0.3 is 4.98 Å². The molecule has 3 aromatic rings. The summed E-state index contributed by atoms with van der Waals surface area (Å²) in [6, 6.07) is 9.38. The van der Waals surface area contributed by atoms with Crippen molar-refractivity contribution in [3.63, 3.8) is 0 Å². The quantitative estimate of drug-likeness (QED) is 0.783. The minimum atomic E-state index is -3.51. The Hall–Kier alpha value is -2.32. The van der Waals surface area contributed by atoms with Crippen molar-refractivity contribution in [2.45, 2.75) is 11.3 Å². The Balaban J connectivity index is 2.08. The highest BCUT2D eigenvalue weighted by Crippen LogP contribution is 2.31. The van der Waals surface area contributed by atoms with Gasteiger partial charge in [-0.3, -0.25) is 0 Å². The topological polar surface area (TPSA) is 66.1 Å². The van der Waals surface area contributed by atoms with E-state index in [0.717, 1.165) is 9.87 Å². The molecular formula is C16H15F2N3O2S. The van der Waals surface area contributed by atoms with Crippen LogP contribution in [0, 0.1) is 0 Å². The van der Waals surface area contributed by atoms with E-state index in [0.29, 0.717) is 16.6 Å². The lowest BCUT2D eigenvalue weighted by Crippen LogP contribution is -2.22. The Kier molecular flexibility index (Phi) is 4.10. The number of hydrogen-bond donors (Lipinski definition) is 1. The number of nitrogens with one attached hydrogen (secondary N) is 1. The second kappa shape index (κ2) is 5.95. The number of halogens is 2. The molecule has 1 N–H and O–H groups in total. The van der Waals surface area contributed by atoms with Gasteiger partial charge in [0.15, 0.2) is 0 Å². The second-order valence-corrected chi connectivity index (χ2v) is 7.61. The average Bonchev–Trinajstić information content (AvgIpc) is 2.99. The number of sulfonamides is 1. The highest BCUT2D eigenvalue weighted by atomic mass is 32.2. The Bertz CT molecular complexity index is 980. The van der Waals surface area contributed by atoms with Gasteiger partial charge in [0, 0.05) is 25.7 Å². The molecule has 0 saturated carbocycles. The number of aromatic amines is 1. The number of hydrogen-bond acceptors (Lipinski definition) is 3. The molecule has 0 aliphatic rings. The molecule has 1 aromatic carbocycles. The highest BCUT2D eigenvalue weighted by molar-refractivity contribution is 7.89. The minimum absolute atomic E-state index is 0.170. The summed E-state index contributed by atoms with van der Waals surface area (Å²) < 4.78 is 51.1. The van der Waals surface area contributed by atoms with Gasteiger partial charge in [0.2, 0.25) is 10.0 Å². The van der Waals surface area contributed by atoms with E-state index in [9.17, 15) is 17.2 Å². The lowest BCUT2D eigenvalue weighted by Gasteiger charge is -2.11. The summed E-state index contributed by atoms with van der Waals surface area (Å²) in [6.07, 6.45) is -1.09. The van der Waals surface area contributed by atoms with Crippen LogP contribution in [0.15, 0.2) is 47.5 Å². The van der Waals surface area contributed by atoms with Crippen molar-refractivity contribution in [1.82, 2.24) is 14.3 Å². The van der Waals surface area contributed by atoms with Gasteiger partial charge in [0.1, 0.15) is 5.65 Å². The molecule has 0 fully saturated rings. The summed E-state index contributed by atoms with van der Waals surface area (Å²) in [7, 11) is -0.591. The molecule has 2 aromatic heterocycles. The van der Waals surface area contributed by atoms with Crippen LogP contribution in [-0.2, 0) is 10.0 Å². The summed E-state index contributed by atoms with van der Waals surface area (Å²) >= 11 is 0. The molecule has 0 aliphatic carbocycles. The van der Waals surface area contributed by atoms with E-state index >= 15 is 0 Å². The molecule has 0 spiro atoms. The first kappa shape index (κ1) is 16.5. The maximum absolute atomic E-state index is 12.9. The van der Waals surface area contributed by atoms with Gasteiger partial charge in [-0.15, -0.1) is 0 Å². The van der Waals surface area contributed by atoms with Crippen LogP contribution < -0.4 is 0 Å². The summed E-state index contributed by atoms with van der Waals surface area (Å²) in [5, 5.41) is 0.566. The van der Waals surface area contributed by atoms with Crippen LogP contribution in [0.1, 0.15) is 12.1 Å². The van der Waals surface area contributed by atoms with Gasteiger partial charge in [-0.05, 0) is 35.4 Å². The normalized spacial score (nSPS) is 12.4. The van der Waals surface area contributed by atoms with E-state index in [4.69, 9.17) is 0 Å². The van der Waals surface area contributed by atoms with Gasteiger partial charge in [0.25, 0.3) is 6.43 Å². The van der Waals surface area contributed by atoms with Crippen LogP contribution in [0.4, 0.5) is 8.78 Å². The summed E-state index contributed by atoms with van der Waals surface area (Å²) in [4.78, 5) is 6.82. The van der Waals surface area contributed by atoms with Crippen LogP contribution in [0.5, 0.6) is 0 Å². The Morgan fingerprint density at radius 2 is 1.79 bits per heavy atom. The smallest absolute Gasteiger partial charge is 0.278 e. The van der Waals surface area contributed by atoms with Crippen molar-refractivity contribution >= 4 is 21.1 Å². The first-order chi connectivity index (χ1) is 11.3. The zero-order chi connectivity index (χ0) is 17.5. The maximum atomic E-state index is 12.9. The molecule has 5 nitrogen and oxygen atoms in total. The molecule has 24 heavy (non-hydrogen) atoms. The van der Waals surface area contributed by atoms with E-state index < -0.39 is 16.4 Å². The Morgan fingerprint density at radius 1 is 1.12 bits per heavy atom. The van der Waals surface area contributed by atoms with Crippen LogP contribution in [0.3, 0.4) is 0 Å². The van der Waals surface area contributed by atoms with Gasteiger partial charge in [-0.2, -0.15) is 0 Å². The fraction of sp³-hybridized carbons (Fsp3) is 0.188. The third kappa shape index (κ3) is 2.78. The van der Waals surface area contributed by atoms with Crippen molar-refractivity contribution < 1.29 is 17.2 Å². The standard InChI is InChI=1S/C16H15F2N3O2S/c1-21(2)24(22,23)11-5-3-10(4-6-11)12-7-8-19-16-13(12)9-14(20-16)15(17)18/h3-9,15H,1-2H3,(H,19,20). The number of nitrogens with zero attached hydrogens (tertiary/aromatic N) is 2. The van der Waals surface area contributed by atoms with Crippen LogP contribution in [-0.4, -0.2) is 36.8 Å². The molecule has 0 saturated heterocycles. The Labute approximate surface area is 138 Å². The van der Waals surface area contributed by atoms with Gasteiger partial charge in [-0.1, -0.05) is 12.1 Å². The molecule has 2 heterocycles. The van der Waals surface area contributed by atoms with Crippen molar-refractivity contribution in [3.8, 4) is 11.1 Å². The summed E-state index contributed by atoms with van der Waals surface area (Å²) in [5.41, 5.74) is 1.60. The van der Waals surface area contributed by atoms with E-state index in [1.807, 2.05) is 0 Å². The predicted molar refractivity (Wildman–Crippen MR) is 87.4 cm³/mol. The number of pyridine rings is 1. The number of rotatable bonds is 4. The van der Waals surface area contributed by atoms with Crippen LogP contribution in [0.2, 0.25) is 0 Å². The van der Waals surface area contributed by atoms with E-state index in [2.05, 4.69) is 9.97 Å². The lowest BCUT2D eigenvalue weighted by molar-refractivity contribution is 0.147. The van der Waals surface area contributed by atoms with Gasteiger partial charge >= 0.3 is 0 Å². The van der Waals surface area contributed by atoms with Crippen molar-refractivity contribution in [1.29, 1.82) is 0 Å². The van der Waals surface area contributed by atoms with Crippen LogP contribution in [0.25, 0.3) is 22.2 Å². The molecule has 0 atom stereocenters. The molecule has 126 valence electrons. The van der Waals surface area contributed by atoms with Crippen molar-refractivity contribution in [2.75, 3.05) is 14.1 Å². The van der Waals surface area contributed by atoms with Crippen molar-refractivity contribution in [2.24, 2.45) is 0 Å². The Morgan fingerprint density at radius 3 is 2.38 bits per heavy atom. The zero-order valence-corrected chi connectivity index (χ0v) is 13.8. The van der Waals surface area contributed by atoms with Gasteiger partial charge in [-0.25, -0.2) is 26.5 Å². The van der Waals surface area contributed by atoms with E-state index in [1.165, 1.54) is 38.5 Å². The SMILES string of the molecule is CN(C)S(=O)(=O)c1ccc(-c2ccnc3[nH]c(C(F)F)cc23)cc1. The highest BCUT2D eigenvalue weighted by Gasteiger charge is 2.18. The monoisotopic (exact) mass is 351 g/mol. The minimum Gasteiger partial charge on any atom is -0.338 e. The zero-order valence-electron chi connectivity index (χ0n) is 13.0. The predicted octanol–water partition coefficient (Wildman–Crippen LogP) is 3.42. The van der Waals surface area contributed by atoms with Gasteiger partial charge in [0.05, 0.1) is 10.6 Å². The summed E-state index contributed by atoms with van der Waals surface area (Å²) in [5.74, 6) is 0. The molecule has 0 bridgehead atoms. The van der Waals surface area contributed by atoms with E-state index in [-0.39, 0.29) is 10.6 Å². The number of aromatic nitrogens is 2. The first-order valence-corrected chi connectivity index (χ1v) is 8.53. The summed E-state index contributed by atoms with van der Waals surface area (Å²) in [6.45, 7) is 0. The fourth-order valence-corrected chi connectivity index (χ4v) is 3.34. The third-order valence-corrected chi connectivity index (χ3v) is 5.56. The van der Waals surface area contributed by atoms with E-state index in [1.54, 1.807) is 18.2 Å². The molecule has 0 amide bonds. The lowest BCUT2D eigenvalue weighted by atomic mass is 10.0. The molecule has 0 aliphatic heterocycles. The average molecular weight is 351 g/mol. The number of benzene rings is 1. The molecular weight excluding hydrogens is 336 g/mol. The molecule has 0 radical (unpaired) electrons. The third-order valence-electron chi connectivity index (χ3n) is 3.73. The first-order valence-electron chi connectivity index (χ1n) is 7.09. The van der Waals surface area contributed by atoms with Crippen molar-refractivity contribution in [3.05, 3.63) is 48.3 Å². The largest absolute Gasteiger partial charge is 0.338 e. The molecule has 3 rings (SSSR count). The molecule has 0 unspecified atom stereocenters. The number of alkyl halides is 2.